The highest BCUT2D eigenvalue weighted by Gasteiger charge is 2.37. The number of alkyl halides is 1. The van der Waals surface area contributed by atoms with Crippen LogP contribution in [0.3, 0.4) is 0 Å². The molecule has 0 bridgehead atoms. The first kappa shape index (κ1) is 13.8. The van der Waals surface area contributed by atoms with E-state index >= 15 is 0 Å². The molecular weight excluding hydrogens is 304 g/mol. The van der Waals surface area contributed by atoms with Crippen molar-refractivity contribution in [2.75, 3.05) is 18.4 Å². The molecule has 1 aliphatic carbocycles. The predicted molar refractivity (Wildman–Crippen MR) is 72.5 cm³/mol. The van der Waals surface area contributed by atoms with Crippen LogP contribution in [0.25, 0.3) is 0 Å². The van der Waals surface area contributed by atoms with Crippen molar-refractivity contribution in [2.24, 2.45) is 0 Å². The van der Waals surface area contributed by atoms with Gasteiger partial charge in [-0.15, -0.1) is 0 Å². The molecule has 0 spiro atoms. The Hall–Kier alpha value is 0.350. The fourth-order valence-corrected chi connectivity index (χ4v) is 5.34. The molecule has 1 N–H and O–H groups in total. The summed E-state index contributed by atoms with van der Waals surface area (Å²) in [6.07, 6.45) is 7.34. The SMILES string of the molecule is O=S(=O)(NC1(CBr)CCCCC1)N1CCCC1. The second-order valence-electron chi connectivity index (χ2n) is 5.19. The lowest BCUT2D eigenvalue weighted by Crippen LogP contribution is -2.55. The Bertz CT molecular complexity index is 346. The molecule has 0 amide bonds. The number of nitrogens with zero attached hydrogens (tertiary/aromatic N) is 1. The minimum Gasteiger partial charge on any atom is -0.195 e. The van der Waals surface area contributed by atoms with Gasteiger partial charge in [0.1, 0.15) is 0 Å². The van der Waals surface area contributed by atoms with E-state index in [1.165, 1.54) is 6.42 Å². The van der Waals surface area contributed by atoms with Gasteiger partial charge < -0.3 is 0 Å². The van der Waals surface area contributed by atoms with Crippen molar-refractivity contribution in [1.82, 2.24) is 9.03 Å². The minimum absolute atomic E-state index is 0.250. The number of hydrogen-bond donors (Lipinski definition) is 1. The van der Waals surface area contributed by atoms with Crippen molar-refractivity contribution < 1.29 is 8.42 Å². The summed E-state index contributed by atoms with van der Waals surface area (Å²) >= 11 is 3.48. The van der Waals surface area contributed by atoms with Gasteiger partial charge in [-0.2, -0.15) is 17.4 Å². The third-order valence-electron chi connectivity index (χ3n) is 3.82. The molecule has 0 aromatic rings. The maximum absolute atomic E-state index is 12.3. The Balaban J connectivity index is 2.06. The molecule has 0 aromatic heterocycles. The smallest absolute Gasteiger partial charge is 0.195 e. The van der Waals surface area contributed by atoms with Gasteiger partial charge in [0.25, 0.3) is 10.2 Å². The molecule has 0 radical (unpaired) electrons. The van der Waals surface area contributed by atoms with Crippen LogP contribution in [-0.2, 0) is 10.2 Å². The van der Waals surface area contributed by atoms with Gasteiger partial charge in [-0.1, -0.05) is 35.2 Å². The van der Waals surface area contributed by atoms with Crippen molar-refractivity contribution in [2.45, 2.75) is 50.5 Å². The Morgan fingerprint density at radius 2 is 1.65 bits per heavy atom. The van der Waals surface area contributed by atoms with E-state index < -0.39 is 10.2 Å². The zero-order chi connectivity index (χ0) is 12.4. The molecule has 2 aliphatic rings. The number of rotatable bonds is 4. The van der Waals surface area contributed by atoms with E-state index in [0.29, 0.717) is 18.4 Å². The summed E-state index contributed by atoms with van der Waals surface area (Å²) in [5, 5.41) is 0.715. The first-order valence-electron chi connectivity index (χ1n) is 6.43. The maximum atomic E-state index is 12.3. The lowest BCUT2D eigenvalue weighted by Gasteiger charge is -2.37. The van der Waals surface area contributed by atoms with Gasteiger partial charge in [0.2, 0.25) is 0 Å². The first-order valence-corrected chi connectivity index (χ1v) is 8.99. The average molecular weight is 325 g/mol. The highest BCUT2D eigenvalue weighted by Crippen LogP contribution is 2.31. The van der Waals surface area contributed by atoms with E-state index in [1.54, 1.807) is 4.31 Å². The lowest BCUT2D eigenvalue weighted by molar-refractivity contribution is 0.293. The molecule has 4 nitrogen and oxygen atoms in total. The lowest BCUT2D eigenvalue weighted by atomic mass is 9.84. The Morgan fingerprint density at radius 1 is 1.06 bits per heavy atom. The summed E-state index contributed by atoms with van der Waals surface area (Å²) in [6, 6.07) is 0. The fourth-order valence-electron chi connectivity index (χ4n) is 2.76. The van der Waals surface area contributed by atoms with E-state index in [0.717, 1.165) is 38.5 Å². The molecule has 6 heteroatoms. The van der Waals surface area contributed by atoms with Gasteiger partial charge in [0, 0.05) is 24.0 Å². The number of halogens is 1. The molecule has 1 aliphatic heterocycles. The third kappa shape index (κ3) is 3.22. The summed E-state index contributed by atoms with van der Waals surface area (Å²) in [6.45, 7) is 1.35. The van der Waals surface area contributed by atoms with Gasteiger partial charge in [0.05, 0.1) is 0 Å². The molecular formula is C11H21BrN2O2S. The Labute approximate surface area is 112 Å². The molecule has 2 fully saturated rings. The molecule has 17 heavy (non-hydrogen) atoms. The normalized spacial score (nSPS) is 26.2. The molecule has 1 heterocycles. The van der Waals surface area contributed by atoms with Crippen molar-refractivity contribution >= 4 is 26.1 Å². The topological polar surface area (TPSA) is 49.4 Å². The van der Waals surface area contributed by atoms with E-state index in [-0.39, 0.29) is 5.54 Å². The number of hydrogen-bond acceptors (Lipinski definition) is 2. The summed E-state index contributed by atoms with van der Waals surface area (Å²) in [5.74, 6) is 0. The van der Waals surface area contributed by atoms with Gasteiger partial charge in [-0.3, -0.25) is 0 Å². The third-order valence-corrected chi connectivity index (χ3v) is 6.63. The van der Waals surface area contributed by atoms with Crippen LogP contribution in [0.4, 0.5) is 0 Å². The van der Waals surface area contributed by atoms with Crippen LogP contribution in [0.2, 0.25) is 0 Å². The zero-order valence-electron chi connectivity index (χ0n) is 10.1. The highest BCUT2D eigenvalue weighted by molar-refractivity contribution is 9.09. The molecule has 0 atom stereocenters. The maximum Gasteiger partial charge on any atom is 0.279 e. The second kappa shape index (κ2) is 5.55. The summed E-state index contributed by atoms with van der Waals surface area (Å²) < 4.78 is 29.1. The van der Waals surface area contributed by atoms with Crippen molar-refractivity contribution in [3.8, 4) is 0 Å². The predicted octanol–water partition coefficient (Wildman–Crippen LogP) is 2.01. The van der Waals surface area contributed by atoms with Crippen LogP contribution in [0.5, 0.6) is 0 Å². The largest absolute Gasteiger partial charge is 0.279 e. The average Bonchev–Trinajstić information content (AvgIpc) is 2.84. The summed E-state index contributed by atoms with van der Waals surface area (Å²) in [4.78, 5) is 0. The Morgan fingerprint density at radius 3 is 2.18 bits per heavy atom. The van der Waals surface area contributed by atoms with E-state index in [9.17, 15) is 8.42 Å². The first-order chi connectivity index (χ1) is 8.08. The zero-order valence-corrected chi connectivity index (χ0v) is 12.5. The monoisotopic (exact) mass is 324 g/mol. The molecule has 0 unspecified atom stereocenters. The van der Waals surface area contributed by atoms with Crippen LogP contribution >= 0.6 is 15.9 Å². The van der Waals surface area contributed by atoms with Crippen molar-refractivity contribution in [3.63, 3.8) is 0 Å². The van der Waals surface area contributed by atoms with Crippen molar-refractivity contribution in [3.05, 3.63) is 0 Å². The van der Waals surface area contributed by atoms with E-state index in [1.807, 2.05) is 0 Å². The molecule has 100 valence electrons. The van der Waals surface area contributed by atoms with E-state index in [4.69, 9.17) is 0 Å². The molecule has 2 rings (SSSR count). The van der Waals surface area contributed by atoms with Gasteiger partial charge >= 0.3 is 0 Å². The van der Waals surface area contributed by atoms with Crippen molar-refractivity contribution in [1.29, 1.82) is 0 Å². The van der Waals surface area contributed by atoms with Crippen LogP contribution in [0, 0.1) is 0 Å². The molecule has 1 saturated carbocycles. The molecule has 0 aromatic carbocycles. The highest BCUT2D eigenvalue weighted by atomic mass is 79.9. The van der Waals surface area contributed by atoms with Crippen LogP contribution in [0.15, 0.2) is 0 Å². The summed E-state index contributed by atoms with van der Waals surface area (Å²) in [7, 11) is -3.28. The van der Waals surface area contributed by atoms with Gasteiger partial charge in [-0.05, 0) is 25.7 Å². The number of nitrogens with one attached hydrogen (secondary N) is 1. The van der Waals surface area contributed by atoms with Gasteiger partial charge in [-0.25, -0.2) is 0 Å². The fraction of sp³-hybridized carbons (Fsp3) is 1.00. The standard InChI is InChI=1S/C11H21BrN2O2S/c12-10-11(6-2-1-3-7-11)13-17(15,16)14-8-4-5-9-14/h13H,1-10H2. The summed E-state index contributed by atoms with van der Waals surface area (Å²) in [5.41, 5.74) is -0.250. The molecule has 1 saturated heterocycles. The van der Waals surface area contributed by atoms with Crippen LogP contribution in [-0.4, -0.2) is 36.7 Å². The minimum atomic E-state index is -3.28. The Kier molecular flexibility index (Phi) is 4.50. The van der Waals surface area contributed by atoms with Crippen LogP contribution in [0.1, 0.15) is 44.9 Å². The second-order valence-corrected chi connectivity index (χ2v) is 7.42. The van der Waals surface area contributed by atoms with E-state index in [2.05, 4.69) is 20.7 Å². The quantitative estimate of drug-likeness (QED) is 0.804. The van der Waals surface area contributed by atoms with Crippen LogP contribution < -0.4 is 4.72 Å². The van der Waals surface area contributed by atoms with Gasteiger partial charge in [0.15, 0.2) is 0 Å².